The molecule has 7 nitrogen and oxygen atoms in total. The summed E-state index contributed by atoms with van der Waals surface area (Å²) >= 11 is 0. The quantitative estimate of drug-likeness (QED) is 0.690. The van der Waals surface area contributed by atoms with Crippen molar-refractivity contribution in [2.45, 2.75) is 44.7 Å². The van der Waals surface area contributed by atoms with Gasteiger partial charge >= 0.3 is 0 Å². The maximum atomic E-state index is 11.9. The lowest BCUT2D eigenvalue weighted by atomic mass is 10.1. The molecule has 2 atom stereocenters. The summed E-state index contributed by atoms with van der Waals surface area (Å²) in [7, 11) is 0. The maximum Gasteiger partial charge on any atom is 0.292 e. The predicted octanol–water partition coefficient (Wildman–Crippen LogP) is 0.385. The molecule has 2 unspecified atom stereocenters. The molecule has 2 rings (SSSR count). The van der Waals surface area contributed by atoms with Crippen LogP contribution in [0.1, 0.15) is 55.2 Å². The first-order chi connectivity index (χ1) is 9.24. The number of nitrogens with zero attached hydrogens (tertiary/aromatic N) is 2. The number of nitrogens with one attached hydrogen (secondary N) is 2. The van der Waals surface area contributed by atoms with Gasteiger partial charge in [-0.25, -0.2) is 0 Å². The van der Waals surface area contributed by atoms with Crippen LogP contribution in [0.15, 0.2) is 4.52 Å². The van der Waals surface area contributed by atoms with Crippen molar-refractivity contribution in [1.82, 2.24) is 20.8 Å². The zero-order chi connectivity index (χ0) is 13.7. The SMILES string of the molecule is CCC(CCO)NC(=O)c1noc(C2CCCN2)n1. The summed E-state index contributed by atoms with van der Waals surface area (Å²) in [6, 6.07) is -0.00230. The molecule has 0 bridgehead atoms. The van der Waals surface area contributed by atoms with Crippen molar-refractivity contribution >= 4 is 5.91 Å². The van der Waals surface area contributed by atoms with Crippen molar-refractivity contribution in [2.24, 2.45) is 0 Å². The van der Waals surface area contributed by atoms with E-state index >= 15 is 0 Å². The van der Waals surface area contributed by atoms with Crippen LogP contribution in [0.5, 0.6) is 0 Å². The van der Waals surface area contributed by atoms with Crippen molar-refractivity contribution < 1.29 is 14.4 Å². The van der Waals surface area contributed by atoms with Crippen LogP contribution in [-0.2, 0) is 0 Å². The van der Waals surface area contributed by atoms with Crippen LogP contribution in [0.3, 0.4) is 0 Å². The Balaban J connectivity index is 1.95. The van der Waals surface area contributed by atoms with E-state index in [0.717, 1.165) is 25.8 Å². The van der Waals surface area contributed by atoms with Gasteiger partial charge in [0.2, 0.25) is 5.89 Å². The molecule has 0 saturated carbocycles. The topological polar surface area (TPSA) is 100 Å². The fourth-order valence-corrected chi connectivity index (χ4v) is 2.15. The molecule has 3 N–H and O–H groups in total. The monoisotopic (exact) mass is 268 g/mol. The van der Waals surface area contributed by atoms with Crippen LogP contribution < -0.4 is 10.6 Å². The van der Waals surface area contributed by atoms with Crippen LogP contribution in [0.4, 0.5) is 0 Å². The van der Waals surface area contributed by atoms with Gasteiger partial charge in [-0.3, -0.25) is 4.79 Å². The van der Waals surface area contributed by atoms with Crippen LogP contribution in [0, 0.1) is 0 Å². The first-order valence-corrected chi connectivity index (χ1v) is 6.73. The lowest BCUT2D eigenvalue weighted by Crippen LogP contribution is -2.35. The van der Waals surface area contributed by atoms with E-state index in [1.54, 1.807) is 0 Å². The maximum absolute atomic E-state index is 11.9. The van der Waals surface area contributed by atoms with Crippen LogP contribution in [0.25, 0.3) is 0 Å². The lowest BCUT2D eigenvalue weighted by Gasteiger charge is -2.13. The third kappa shape index (κ3) is 3.51. The second-order valence-corrected chi connectivity index (χ2v) is 4.70. The second kappa shape index (κ2) is 6.63. The number of rotatable bonds is 6. The average molecular weight is 268 g/mol. The van der Waals surface area contributed by atoms with Crippen molar-refractivity contribution in [3.63, 3.8) is 0 Å². The van der Waals surface area contributed by atoms with Gasteiger partial charge in [0.15, 0.2) is 0 Å². The lowest BCUT2D eigenvalue weighted by molar-refractivity contribution is 0.0915. The number of hydrogen-bond acceptors (Lipinski definition) is 6. The smallest absolute Gasteiger partial charge is 0.292 e. The highest BCUT2D eigenvalue weighted by Crippen LogP contribution is 2.20. The Labute approximate surface area is 111 Å². The average Bonchev–Trinajstić information content (AvgIpc) is 3.08. The van der Waals surface area contributed by atoms with E-state index in [1.807, 2.05) is 6.92 Å². The Kier molecular flexibility index (Phi) is 4.86. The molecule has 1 aromatic rings. The van der Waals surface area contributed by atoms with Crippen molar-refractivity contribution in [2.75, 3.05) is 13.2 Å². The number of carbonyl (C=O) groups is 1. The van der Waals surface area contributed by atoms with Gasteiger partial charge in [0.25, 0.3) is 11.7 Å². The van der Waals surface area contributed by atoms with E-state index in [1.165, 1.54) is 0 Å². The number of amides is 1. The van der Waals surface area contributed by atoms with E-state index in [2.05, 4.69) is 20.8 Å². The Bertz CT molecular complexity index is 415. The molecule has 0 aliphatic carbocycles. The number of aromatic nitrogens is 2. The highest BCUT2D eigenvalue weighted by atomic mass is 16.5. The molecule has 19 heavy (non-hydrogen) atoms. The first kappa shape index (κ1) is 14.0. The van der Waals surface area contributed by atoms with Crippen molar-refractivity contribution in [3.8, 4) is 0 Å². The zero-order valence-electron chi connectivity index (χ0n) is 11.1. The third-order valence-electron chi connectivity index (χ3n) is 3.31. The van der Waals surface area contributed by atoms with Gasteiger partial charge in [0.05, 0.1) is 6.04 Å². The number of aliphatic hydroxyl groups is 1. The van der Waals surface area contributed by atoms with E-state index in [0.29, 0.717) is 12.3 Å². The molecule has 1 amide bonds. The Morgan fingerprint density at radius 2 is 2.53 bits per heavy atom. The van der Waals surface area contributed by atoms with Crippen molar-refractivity contribution in [1.29, 1.82) is 0 Å². The van der Waals surface area contributed by atoms with Gasteiger partial charge < -0.3 is 20.3 Å². The molecule has 2 heterocycles. The van der Waals surface area contributed by atoms with Gasteiger partial charge in [-0.1, -0.05) is 12.1 Å². The van der Waals surface area contributed by atoms with E-state index in [-0.39, 0.29) is 30.4 Å². The van der Waals surface area contributed by atoms with Gasteiger partial charge in [0.1, 0.15) is 0 Å². The normalized spacial score (nSPS) is 20.4. The summed E-state index contributed by atoms with van der Waals surface area (Å²) in [5.41, 5.74) is 0. The minimum Gasteiger partial charge on any atom is -0.396 e. The molecule has 7 heteroatoms. The highest BCUT2D eigenvalue weighted by molar-refractivity contribution is 5.90. The predicted molar refractivity (Wildman–Crippen MR) is 67.5 cm³/mol. The molecule has 0 radical (unpaired) electrons. The van der Waals surface area contributed by atoms with Gasteiger partial charge in [0, 0.05) is 12.6 Å². The van der Waals surface area contributed by atoms with E-state index in [4.69, 9.17) is 9.63 Å². The van der Waals surface area contributed by atoms with Gasteiger partial charge in [-0.15, -0.1) is 0 Å². The highest BCUT2D eigenvalue weighted by Gasteiger charge is 2.24. The molecule has 1 saturated heterocycles. The molecular weight excluding hydrogens is 248 g/mol. The van der Waals surface area contributed by atoms with Crippen LogP contribution >= 0.6 is 0 Å². The fraction of sp³-hybridized carbons (Fsp3) is 0.750. The minimum atomic E-state index is -0.353. The summed E-state index contributed by atoms with van der Waals surface area (Å²) in [5, 5.41) is 18.6. The molecule has 1 fully saturated rings. The Hall–Kier alpha value is -1.47. The van der Waals surface area contributed by atoms with Crippen LogP contribution in [0.2, 0.25) is 0 Å². The largest absolute Gasteiger partial charge is 0.396 e. The third-order valence-corrected chi connectivity index (χ3v) is 3.31. The summed E-state index contributed by atoms with van der Waals surface area (Å²) in [4.78, 5) is 16.0. The van der Waals surface area contributed by atoms with Crippen LogP contribution in [-0.4, -0.2) is 40.3 Å². The molecule has 0 spiro atoms. The molecule has 1 aliphatic rings. The number of hydrogen-bond donors (Lipinski definition) is 3. The molecular formula is C12H20N4O3. The number of carbonyl (C=O) groups excluding carboxylic acids is 1. The first-order valence-electron chi connectivity index (χ1n) is 6.73. The van der Waals surface area contributed by atoms with Crippen molar-refractivity contribution in [3.05, 3.63) is 11.7 Å². The fourth-order valence-electron chi connectivity index (χ4n) is 2.15. The standard InChI is InChI=1S/C12H20N4O3/c1-2-8(5-7-17)14-11(18)10-15-12(19-16-10)9-4-3-6-13-9/h8-9,13,17H,2-7H2,1H3,(H,14,18). The van der Waals surface area contributed by atoms with E-state index in [9.17, 15) is 4.79 Å². The molecule has 1 aromatic heterocycles. The molecule has 0 aromatic carbocycles. The van der Waals surface area contributed by atoms with E-state index < -0.39 is 0 Å². The summed E-state index contributed by atoms with van der Waals surface area (Å²) in [6.45, 7) is 2.93. The van der Waals surface area contributed by atoms with Gasteiger partial charge in [-0.2, -0.15) is 4.98 Å². The Morgan fingerprint density at radius 1 is 1.68 bits per heavy atom. The summed E-state index contributed by atoms with van der Waals surface area (Å²) < 4.78 is 5.11. The summed E-state index contributed by atoms with van der Waals surface area (Å²) in [5.74, 6) is 0.172. The Morgan fingerprint density at radius 3 is 3.16 bits per heavy atom. The molecule has 106 valence electrons. The minimum absolute atomic E-state index is 0.0439. The second-order valence-electron chi connectivity index (χ2n) is 4.70. The molecule has 1 aliphatic heterocycles. The summed E-state index contributed by atoms with van der Waals surface area (Å²) in [6.07, 6.45) is 3.30. The zero-order valence-corrected chi connectivity index (χ0v) is 11.1. The number of aliphatic hydroxyl groups excluding tert-OH is 1. The van der Waals surface area contributed by atoms with Gasteiger partial charge in [-0.05, 0) is 32.2 Å².